The van der Waals surface area contributed by atoms with Crippen LogP contribution in [0.2, 0.25) is 0 Å². The molecule has 1 aromatic rings. The number of hydrogen-bond donors (Lipinski definition) is 2. The molecule has 2 fully saturated rings. The lowest BCUT2D eigenvalue weighted by Gasteiger charge is -2.20. The van der Waals surface area contributed by atoms with Gasteiger partial charge in [0.15, 0.2) is 9.84 Å². The van der Waals surface area contributed by atoms with E-state index in [2.05, 4.69) is 15.6 Å². The summed E-state index contributed by atoms with van der Waals surface area (Å²) in [5.74, 6) is 1.12. The van der Waals surface area contributed by atoms with Crippen LogP contribution in [0.25, 0.3) is 0 Å². The summed E-state index contributed by atoms with van der Waals surface area (Å²) < 4.78 is 22.9. The normalized spacial score (nSPS) is 24.3. The van der Waals surface area contributed by atoms with Crippen LogP contribution in [0.1, 0.15) is 38.5 Å². The Labute approximate surface area is 137 Å². The standard InChI is InChI=1S/C16H23N3O3S/c20-16(12-4-2-1-3-5-12)19-15-7-6-13(10-17-15)18-14-8-9-23(21,22)11-14/h6-7,10,12,14,18H,1-5,8-9,11H2,(H,17,19,20). The Hall–Kier alpha value is -1.63. The second-order valence-electron chi connectivity index (χ2n) is 6.50. The summed E-state index contributed by atoms with van der Waals surface area (Å²) in [5.41, 5.74) is 0.780. The van der Waals surface area contributed by atoms with Crippen molar-refractivity contribution in [3.63, 3.8) is 0 Å². The maximum Gasteiger partial charge on any atom is 0.228 e. The highest BCUT2D eigenvalue weighted by molar-refractivity contribution is 7.91. The van der Waals surface area contributed by atoms with Gasteiger partial charge in [-0.15, -0.1) is 0 Å². The minimum absolute atomic E-state index is 0.0514. The fraction of sp³-hybridized carbons (Fsp3) is 0.625. The number of sulfone groups is 1. The molecule has 7 heteroatoms. The van der Waals surface area contributed by atoms with E-state index in [4.69, 9.17) is 0 Å². The smallest absolute Gasteiger partial charge is 0.228 e. The summed E-state index contributed by atoms with van der Waals surface area (Å²) in [7, 11) is -2.89. The summed E-state index contributed by atoms with van der Waals surface area (Å²) in [6.45, 7) is 0. The maximum absolute atomic E-state index is 12.2. The van der Waals surface area contributed by atoms with Gasteiger partial charge in [0, 0.05) is 12.0 Å². The van der Waals surface area contributed by atoms with E-state index in [9.17, 15) is 13.2 Å². The van der Waals surface area contributed by atoms with E-state index in [1.165, 1.54) is 6.42 Å². The van der Waals surface area contributed by atoms with Crippen molar-refractivity contribution in [2.24, 2.45) is 5.92 Å². The molecular formula is C16H23N3O3S. The van der Waals surface area contributed by atoms with E-state index in [1.54, 1.807) is 12.3 Å². The Morgan fingerprint density at radius 3 is 2.52 bits per heavy atom. The van der Waals surface area contributed by atoms with Gasteiger partial charge in [0.2, 0.25) is 5.91 Å². The van der Waals surface area contributed by atoms with E-state index in [0.717, 1.165) is 31.4 Å². The Morgan fingerprint density at radius 1 is 1.13 bits per heavy atom. The lowest BCUT2D eigenvalue weighted by molar-refractivity contribution is -0.120. The molecule has 23 heavy (non-hydrogen) atoms. The molecule has 3 rings (SSSR count). The highest BCUT2D eigenvalue weighted by Crippen LogP contribution is 2.25. The van der Waals surface area contributed by atoms with Crippen molar-refractivity contribution >= 4 is 27.2 Å². The van der Waals surface area contributed by atoms with Gasteiger partial charge in [0.1, 0.15) is 5.82 Å². The number of aromatic nitrogens is 1. The molecule has 2 heterocycles. The maximum atomic E-state index is 12.2. The zero-order valence-electron chi connectivity index (χ0n) is 13.1. The zero-order chi connectivity index (χ0) is 16.3. The highest BCUT2D eigenvalue weighted by atomic mass is 32.2. The van der Waals surface area contributed by atoms with E-state index < -0.39 is 9.84 Å². The molecule has 1 aliphatic heterocycles. The third-order valence-corrected chi connectivity index (χ3v) is 6.36. The number of hydrogen-bond acceptors (Lipinski definition) is 5. The van der Waals surface area contributed by atoms with Crippen LogP contribution >= 0.6 is 0 Å². The van der Waals surface area contributed by atoms with Crippen molar-refractivity contribution < 1.29 is 13.2 Å². The van der Waals surface area contributed by atoms with Crippen LogP contribution in [0, 0.1) is 5.92 Å². The Bertz CT molecular complexity index is 652. The molecule has 1 saturated heterocycles. The average Bonchev–Trinajstić information content (AvgIpc) is 2.89. The number of anilines is 2. The second kappa shape index (κ2) is 6.86. The molecule has 0 bridgehead atoms. The van der Waals surface area contributed by atoms with Crippen LogP contribution in [-0.4, -0.2) is 36.9 Å². The van der Waals surface area contributed by atoms with Gasteiger partial charge < -0.3 is 10.6 Å². The summed E-state index contributed by atoms with van der Waals surface area (Å²) in [4.78, 5) is 16.4. The van der Waals surface area contributed by atoms with Crippen molar-refractivity contribution in [1.82, 2.24) is 4.98 Å². The van der Waals surface area contributed by atoms with Gasteiger partial charge in [-0.05, 0) is 31.4 Å². The van der Waals surface area contributed by atoms with Crippen LogP contribution in [0.4, 0.5) is 11.5 Å². The molecule has 0 spiro atoms. The molecule has 0 radical (unpaired) electrons. The molecule has 2 N–H and O–H groups in total. The molecule has 0 aromatic carbocycles. The number of pyridine rings is 1. The molecule has 1 saturated carbocycles. The topological polar surface area (TPSA) is 88.2 Å². The SMILES string of the molecule is O=C(Nc1ccc(NC2CCS(=O)(=O)C2)cn1)C1CCCCC1. The van der Waals surface area contributed by atoms with Crippen LogP contribution in [-0.2, 0) is 14.6 Å². The minimum atomic E-state index is -2.89. The average molecular weight is 337 g/mol. The summed E-state index contributed by atoms with van der Waals surface area (Å²) in [6.07, 6.45) is 7.66. The van der Waals surface area contributed by atoms with E-state index in [-0.39, 0.29) is 29.4 Å². The van der Waals surface area contributed by atoms with Gasteiger partial charge >= 0.3 is 0 Å². The molecule has 1 unspecified atom stereocenters. The molecular weight excluding hydrogens is 314 g/mol. The van der Waals surface area contributed by atoms with Crippen molar-refractivity contribution in [2.75, 3.05) is 22.1 Å². The van der Waals surface area contributed by atoms with Crippen LogP contribution < -0.4 is 10.6 Å². The van der Waals surface area contributed by atoms with Crippen LogP contribution in [0.5, 0.6) is 0 Å². The lowest BCUT2D eigenvalue weighted by Crippen LogP contribution is -2.25. The van der Waals surface area contributed by atoms with E-state index in [0.29, 0.717) is 12.2 Å². The molecule has 1 amide bonds. The monoisotopic (exact) mass is 337 g/mol. The predicted octanol–water partition coefficient (Wildman–Crippen LogP) is 2.20. The third kappa shape index (κ3) is 4.43. The number of carbonyl (C=O) groups excluding carboxylic acids is 1. The summed E-state index contributed by atoms with van der Waals surface area (Å²) in [5, 5.41) is 6.06. The van der Waals surface area contributed by atoms with Crippen molar-refractivity contribution in [1.29, 1.82) is 0 Å². The molecule has 1 aliphatic carbocycles. The summed E-state index contributed by atoms with van der Waals surface area (Å²) >= 11 is 0. The van der Waals surface area contributed by atoms with Crippen molar-refractivity contribution in [3.05, 3.63) is 18.3 Å². The zero-order valence-corrected chi connectivity index (χ0v) is 13.9. The minimum Gasteiger partial charge on any atom is -0.380 e. The fourth-order valence-corrected chi connectivity index (χ4v) is 4.96. The number of nitrogens with zero attached hydrogens (tertiary/aromatic N) is 1. The van der Waals surface area contributed by atoms with E-state index in [1.807, 2.05) is 6.07 Å². The van der Waals surface area contributed by atoms with Gasteiger partial charge in [-0.3, -0.25) is 4.79 Å². The quantitative estimate of drug-likeness (QED) is 0.879. The highest BCUT2D eigenvalue weighted by Gasteiger charge is 2.27. The number of amides is 1. The first-order chi connectivity index (χ1) is 11.0. The lowest BCUT2D eigenvalue weighted by atomic mass is 9.89. The third-order valence-electron chi connectivity index (χ3n) is 4.59. The van der Waals surface area contributed by atoms with Crippen molar-refractivity contribution in [2.45, 2.75) is 44.6 Å². The largest absolute Gasteiger partial charge is 0.380 e. The van der Waals surface area contributed by atoms with Crippen molar-refractivity contribution in [3.8, 4) is 0 Å². The van der Waals surface area contributed by atoms with Gasteiger partial charge in [0.25, 0.3) is 0 Å². The predicted molar refractivity (Wildman–Crippen MR) is 90.1 cm³/mol. The molecule has 2 aliphatic rings. The molecule has 1 aromatic heterocycles. The number of nitrogens with one attached hydrogen (secondary N) is 2. The summed E-state index contributed by atoms with van der Waals surface area (Å²) in [6, 6.07) is 3.53. The fourth-order valence-electron chi connectivity index (χ4n) is 3.29. The Balaban J connectivity index is 1.53. The molecule has 126 valence electrons. The first-order valence-electron chi connectivity index (χ1n) is 8.26. The number of rotatable bonds is 4. The molecule has 1 atom stereocenters. The van der Waals surface area contributed by atoms with E-state index >= 15 is 0 Å². The molecule has 6 nitrogen and oxygen atoms in total. The number of carbonyl (C=O) groups is 1. The van der Waals surface area contributed by atoms with Gasteiger partial charge in [0.05, 0.1) is 23.4 Å². The first kappa shape index (κ1) is 16.2. The van der Waals surface area contributed by atoms with Crippen LogP contribution in [0.3, 0.4) is 0 Å². The Morgan fingerprint density at radius 2 is 1.91 bits per heavy atom. The van der Waals surface area contributed by atoms with Gasteiger partial charge in [-0.25, -0.2) is 13.4 Å². The van der Waals surface area contributed by atoms with Gasteiger partial charge in [-0.2, -0.15) is 0 Å². The first-order valence-corrected chi connectivity index (χ1v) is 10.1. The van der Waals surface area contributed by atoms with Crippen LogP contribution in [0.15, 0.2) is 18.3 Å². The Kier molecular flexibility index (Phi) is 4.84. The van der Waals surface area contributed by atoms with Gasteiger partial charge in [-0.1, -0.05) is 19.3 Å². The second-order valence-corrected chi connectivity index (χ2v) is 8.73.